The summed E-state index contributed by atoms with van der Waals surface area (Å²) in [7, 11) is 4.04. The number of hydrogen-bond donors (Lipinski definition) is 0. The summed E-state index contributed by atoms with van der Waals surface area (Å²) in [6.07, 6.45) is 5.30. The standard InChI is InChI=1S/C23H35N3O3/c1-19(27)26-13-10-23(11-14-26)9-4-5-12-24(2)15-16-29-21-8-6-7-20(17-21)22(28)25(3)18-23/h6-8,17H,4-5,9-16,18H2,1-3H3. The number of ether oxygens (including phenoxy) is 1. The fraction of sp³-hybridized carbons (Fsp3) is 0.652. The first-order valence-corrected chi connectivity index (χ1v) is 10.8. The lowest BCUT2D eigenvalue weighted by atomic mass is 9.74. The van der Waals surface area contributed by atoms with Crippen molar-refractivity contribution in [3.63, 3.8) is 0 Å². The van der Waals surface area contributed by atoms with Crippen LogP contribution in [0.2, 0.25) is 0 Å². The van der Waals surface area contributed by atoms with Gasteiger partial charge in [-0.15, -0.1) is 0 Å². The van der Waals surface area contributed by atoms with E-state index in [1.807, 2.05) is 41.1 Å². The van der Waals surface area contributed by atoms with Crippen molar-refractivity contribution < 1.29 is 14.3 Å². The summed E-state index contributed by atoms with van der Waals surface area (Å²) >= 11 is 0. The van der Waals surface area contributed by atoms with Gasteiger partial charge in [0, 0.05) is 45.7 Å². The highest BCUT2D eigenvalue weighted by Gasteiger charge is 2.37. The number of likely N-dealkylation sites (tertiary alicyclic amines) is 1. The fourth-order valence-corrected chi connectivity index (χ4v) is 4.61. The van der Waals surface area contributed by atoms with Crippen molar-refractivity contribution in [2.45, 2.75) is 39.0 Å². The van der Waals surface area contributed by atoms with Crippen molar-refractivity contribution in [1.29, 1.82) is 0 Å². The normalized spacial score (nSPS) is 22.0. The van der Waals surface area contributed by atoms with Gasteiger partial charge < -0.3 is 19.4 Å². The number of fused-ring (bicyclic) bond motifs is 2. The molecule has 2 amide bonds. The monoisotopic (exact) mass is 401 g/mol. The predicted octanol–water partition coefficient (Wildman–Crippen LogP) is 2.88. The smallest absolute Gasteiger partial charge is 0.253 e. The molecule has 3 rings (SSSR count). The molecule has 29 heavy (non-hydrogen) atoms. The zero-order valence-electron chi connectivity index (χ0n) is 18.2. The summed E-state index contributed by atoms with van der Waals surface area (Å²) in [5.74, 6) is 0.938. The Morgan fingerprint density at radius 3 is 2.52 bits per heavy atom. The van der Waals surface area contributed by atoms with E-state index in [0.29, 0.717) is 12.2 Å². The summed E-state index contributed by atoms with van der Waals surface area (Å²) in [5, 5.41) is 0. The molecule has 1 saturated heterocycles. The number of piperidine rings is 1. The van der Waals surface area contributed by atoms with E-state index in [9.17, 15) is 9.59 Å². The minimum Gasteiger partial charge on any atom is -0.492 e. The van der Waals surface area contributed by atoms with E-state index in [1.54, 1.807) is 6.92 Å². The molecule has 160 valence electrons. The average Bonchev–Trinajstić information content (AvgIpc) is 2.71. The summed E-state index contributed by atoms with van der Waals surface area (Å²) in [4.78, 5) is 31.0. The number of benzene rings is 1. The molecular weight excluding hydrogens is 366 g/mol. The van der Waals surface area contributed by atoms with Crippen LogP contribution in [0.5, 0.6) is 5.75 Å². The van der Waals surface area contributed by atoms with Crippen LogP contribution in [0, 0.1) is 5.41 Å². The van der Waals surface area contributed by atoms with Gasteiger partial charge in [-0.2, -0.15) is 0 Å². The molecule has 2 heterocycles. The highest BCUT2D eigenvalue weighted by atomic mass is 16.5. The van der Waals surface area contributed by atoms with E-state index < -0.39 is 0 Å². The molecule has 0 unspecified atom stereocenters. The molecule has 6 nitrogen and oxygen atoms in total. The van der Waals surface area contributed by atoms with Crippen LogP contribution < -0.4 is 4.74 Å². The first-order valence-electron chi connectivity index (χ1n) is 10.8. The lowest BCUT2D eigenvalue weighted by Crippen LogP contribution is -2.48. The average molecular weight is 402 g/mol. The largest absolute Gasteiger partial charge is 0.492 e. The number of nitrogens with zero attached hydrogens (tertiary/aromatic N) is 3. The summed E-state index contributed by atoms with van der Waals surface area (Å²) < 4.78 is 5.87. The molecule has 0 atom stereocenters. The van der Waals surface area contributed by atoms with Crippen molar-refractivity contribution in [3.05, 3.63) is 29.8 Å². The van der Waals surface area contributed by atoms with Crippen LogP contribution in [0.15, 0.2) is 24.3 Å². The van der Waals surface area contributed by atoms with Crippen LogP contribution in [0.3, 0.4) is 0 Å². The van der Waals surface area contributed by atoms with Gasteiger partial charge in [-0.3, -0.25) is 9.59 Å². The molecule has 1 aromatic rings. The predicted molar refractivity (Wildman–Crippen MR) is 114 cm³/mol. The second-order valence-electron chi connectivity index (χ2n) is 8.80. The third-order valence-corrected chi connectivity index (χ3v) is 6.51. The fourth-order valence-electron chi connectivity index (χ4n) is 4.61. The number of hydrogen-bond acceptors (Lipinski definition) is 4. The van der Waals surface area contributed by atoms with Gasteiger partial charge in [-0.1, -0.05) is 12.5 Å². The maximum Gasteiger partial charge on any atom is 0.253 e. The minimum absolute atomic E-state index is 0.0378. The van der Waals surface area contributed by atoms with Crippen molar-refractivity contribution in [1.82, 2.24) is 14.7 Å². The van der Waals surface area contributed by atoms with E-state index in [4.69, 9.17) is 4.74 Å². The van der Waals surface area contributed by atoms with Crippen LogP contribution in [-0.2, 0) is 4.79 Å². The third kappa shape index (κ3) is 5.72. The number of carbonyl (C=O) groups is 2. The molecule has 2 aliphatic rings. The van der Waals surface area contributed by atoms with Gasteiger partial charge in [-0.05, 0) is 62.9 Å². The van der Waals surface area contributed by atoms with Crippen LogP contribution in [0.25, 0.3) is 0 Å². The van der Waals surface area contributed by atoms with Gasteiger partial charge in [0.1, 0.15) is 12.4 Å². The maximum absolute atomic E-state index is 13.1. The van der Waals surface area contributed by atoms with E-state index in [-0.39, 0.29) is 17.2 Å². The zero-order valence-corrected chi connectivity index (χ0v) is 18.2. The van der Waals surface area contributed by atoms with Gasteiger partial charge in [-0.25, -0.2) is 0 Å². The zero-order chi connectivity index (χ0) is 20.9. The van der Waals surface area contributed by atoms with E-state index >= 15 is 0 Å². The number of amides is 2. The second-order valence-corrected chi connectivity index (χ2v) is 8.80. The topological polar surface area (TPSA) is 53.1 Å². The molecule has 2 aliphatic heterocycles. The van der Waals surface area contributed by atoms with Crippen LogP contribution in [0.1, 0.15) is 49.4 Å². The van der Waals surface area contributed by atoms with Crippen molar-refractivity contribution in [2.24, 2.45) is 5.41 Å². The lowest BCUT2D eigenvalue weighted by molar-refractivity contribution is -0.131. The number of rotatable bonds is 0. The molecule has 1 spiro atoms. The Balaban J connectivity index is 1.79. The van der Waals surface area contributed by atoms with Crippen molar-refractivity contribution in [2.75, 3.05) is 53.4 Å². The van der Waals surface area contributed by atoms with Crippen molar-refractivity contribution >= 4 is 11.8 Å². The summed E-state index contributed by atoms with van der Waals surface area (Å²) in [6.45, 7) is 6.51. The molecule has 0 radical (unpaired) electrons. The van der Waals surface area contributed by atoms with E-state index in [0.717, 1.165) is 70.6 Å². The van der Waals surface area contributed by atoms with Crippen molar-refractivity contribution in [3.8, 4) is 5.75 Å². The Morgan fingerprint density at radius 1 is 1.03 bits per heavy atom. The Morgan fingerprint density at radius 2 is 1.79 bits per heavy atom. The van der Waals surface area contributed by atoms with Gasteiger partial charge in [0.2, 0.25) is 5.91 Å². The molecule has 0 N–H and O–H groups in total. The Bertz CT molecular complexity index is 713. The Labute approximate surface area is 174 Å². The number of likely N-dealkylation sites (N-methyl/N-ethyl adjacent to an activating group) is 1. The first-order chi connectivity index (χ1) is 13.9. The van der Waals surface area contributed by atoms with E-state index in [2.05, 4.69) is 11.9 Å². The van der Waals surface area contributed by atoms with Crippen LogP contribution >= 0.6 is 0 Å². The number of carbonyl (C=O) groups excluding carboxylic acids is 2. The van der Waals surface area contributed by atoms with Gasteiger partial charge in [0.05, 0.1) is 0 Å². The first kappa shape index (κ1) is 21.6. The quantitative estimate of drug-likeness (QED) is 0.671. The van der Waals surface area contributed by atoms with Gasteiger partial charge in [0.15, 0.2) is 0 Å². The maximum atomic E-state index is 13.1. The molecule has 1 aromatic carbocycles. The Hall–Kier alpha value is -2.08. The molecule has 6 heteroatoms. The molecule has 1 fully saturated rings. The van der Waals surface area contributed by atoms with E-state index in [1.165, 1.54) is 0 Å². The molecular formula is C23H35N3O3. The molecule has 0 aromatic heterocycles. The van der Waals surface area contributed by atoms with Gasteiger partial charge in [0.25, 0.3) is 5.91 Å². The van der Waals surface area contributed by atoms with Crippen LogP contribution in [-0.4, -0.2) is 79.9 Å². The SMILES string of the molecule is CC(=O)N1CCC2(CCCCN(C)CCOc3cccc(c3)C(=O)N(C)C2)CC1. The highest BCUT2D eigenvalue weighted by molar-refractivity contribution is 5.94. The molecule has 0 saturated carbocycles. The molecule has 0 aliphatic carbocycles. The second kappa shape index (κ2) is 9.61. The van der Waals surface area contributed by atoms with Gasteiger partial charge >= 0.3 is 0 Å². The third-order valence-electron chi connectivity index (χ3n) is 6.51. The Kier molecular flexibility index (Phi) is 7.17. The van der Waals surface area contributed by atoms with Crippen LogP contribution in [0.4, 0.5) is 0 Å². The molecule has 2 bridgehead atoms. The minimum atomic E-state index is 0.0378. The summed E-state index contributed by atoms with van der Waals surface area (Å²) in [6, 6.07) is 7.51. The summed E-state index contributed by atoms with van der Waals surface area (Å²) in [5.41, 5.74) is 0.757. The lowest BCUT2D eigenvalue weighted by Gasteiger charge is -2.44. The highest BCUT2D eigenvalue weighted by Crippen LogP contribution is 2.38.